The molecule has 0 heterocycles. The lowest BCUT2D eigenvalue weighted by Crippen LogP contribution is -2.00. The highest BCUT2D eigenvalue weighted by molar-refractivity contribution is 5.19. The van der Waals surface area contributed by atoms with E-state index in [9.17, 15) is 0 Å². The molecule has 0 unspecified atom stereocenters. The van der Waals surface area contributed by atoms with E-state index in [1.165, 1.54) is 5.56 Å². The van der Waals surface area contributed by atoms with Crippen LogP contribution in [-0.4, -0.2) is 0 Å². The van der Waals surface area contributed by atoms with E-state index in [4.69, 9.17) is 4.74 Å². The minimum absolute atomic E-state index is 0.110. The average Bonchev–Trinajstić information content (AvgIpc) is 2.38. The first-order valence-corrected chi connectivity index (χ1v) is 5.40. The van der Waals surface area contributed by atoms with Gasteiger partial charge in [-0.15, -0.1) is 0 Å². The van der Waals surface area contributed by atoms with E-state index >= 15 is 0 Å². The molecule has 0 saturated heterocycles. The van der Waals surface area contributed by atoms with Gasteiger partial charge in [-0.3, -0.25) is 0 Å². The number of hydrogen-bond acceptors (Lipinski definition) is 1. The van der Waals surface area contributed by atoms with Gasteiger partial charge in [0.25, 0.3) is 0 Å². The standard InChI is InChI=1S/C15H15O/c1-13(15-10-6-3-7-11-15)16-12-14-8-4-2-5-9-14/h2-11,13H,1,12H2/t13-/m1/s1. The Kier molecular flexibility index (Phi) is 3.73. The summed E-state index contributed by atoms with van der Waals surface area (Å²) in [7, 11) is 0. The maximum atomic E-state index is 5.70. The van der Waals surface area contributed by atoms with Gasteiger partial charge in [-0.2, -0.15) is 0 Å². The predicted octanol–water partition coefficient (Wildman–Crippen LogP) is 3.78. The highest BCUT2D eigenvalue weighted by Crippen LogP contribution is 2.17. The van der Waals surface area contributed by atoms with Gasteiger partial charge < -0.3 is 4.74 Å². The molecular formula is C15H15O. The van der Waals surface area contributed by atoms with Crippen molar-refractivity contribution in [1.82, 2.24) is 0 Å². The molecule has 0 bridgehead atoms. The van der Waals surface area contributed by atoms with Gasteiger partial charge >= 0.3 is 0 Å². The summed E-state index contributed by atoms with van der Waals surface area (Å²) in [4.78, 5) is 0. The topological polar surface area (TPSA) is 9.23 Å². The van der Waals surface area contributed by atoms with Crippen LogP contribution in [0.2, 0.25) is 0 Å². The highest BCUT2D eigenvalue weighted by atomic mass is 16.5. The summed E-state index contributed by atoms with van der Waals surface area (Å²) in [6.07, 6.45) is -0.110. The van der Waals surface area contributed by atoms with E-state index < -0.39 is 0 Å². The van der Waals surface area contributed by atoms with Crippen LogP contribution in [0.5, 0.6) is 0 Å². The zero-order valence-electron chi connectivity index (χ0n) is 9.17. The summed E-state index contributed by atoms with van der Waals surface area (Å²) in [5.41, 5.74) is 2.28. The average molecular weight is 211 g/mol. The van der Waals surface area contributed by atoms with E-state index in [0.29, 0.717) is 6.61 Å². The molecule has 2 rings (SSSR count). The van der Waals surface area contributed by atoms with Gasteiger partial charge in [0.15, 0.2) is 0 Å². The van der Waals surface area contributed by atoms with Gasteiger partial charge in [0.05, 0.1) is 12.7 Å². The van der Waals surface area contributed by atoms with Crippen LogP contribution in [0.15, 0.2) is 60.7 Å². The van der Waals surface area contributed by atoms with Gasteiger partial charge in [-0.25, -0.2) is 0 Å². The SMILES string of the molecule is [CH2][C@@H](OCc1ccccc1)c1ccccc1. The van der Waals surface area contributed by atoms with E-state index in [-0.39, 0.29) is 6.10 Å². The number of rotatable bonds is 4. The normalized spacial score (nSPS) is 12.3. The molecule has 1 atom stereocenters. The summed E-state index contributed by atoms with van der Waals surface area (Å²) in [5.74, 6) is 0. The van der Waals surface area contributed by atoms with Crippen LogP contribution >= 0.6 is 0 Å². The molecule has 2 aromatic carbocycles. The van der Waals surface area contributed by atoms with Gasteiger partial charge in [0.1, 0.15) is 0 Å². The second kappa shape index (κ2) is 5.47. The first-order valence-electron chi connectivity index (χ1n) is 5.40. The summed E-state index contributed by atoms with van der Waals surface area (Å²) in [6.45, 7) is 4.60. The molecule has 0 aliphatic heterocycles. The smallest absolute Gasteiger partial charge is 0.0830 e. The molecule has 2 aromatic rings. The van der Waals surface area contributed by atoms with Crippen LogP contribution in [-0.2, 0) is 11.3 Å². The van der Waals surface area contributed by atoms with Crippen LogP contribution < -0.4 is 0 Å². The third kappa shape index (κ3) is 2.94. The van der Waals surface area contributed by atoms with Crippen LogP contribution in [0.3, 0.4) is 0 Å². The van der Waals surface area contributed by atoms with Crippen molar-refractivity contribution in [2.45, 2.75) is 12.7 Å². The van der Waals surface area contributed by atoms with Gasteiger partial charge in [0.2, 0.25) is 0 Å². The largest absolute Gasteiger partial charge is 0.369 e. The van der Waals surface area contributed by atoms with Gasteiger partial charge in [-0.05, 0) is 18.1 Å². The van der Waals surface area contributed by atoms with Crippen LogP contribution in [0.4, 0.5) is 0 Å². The molecule has 0 aliphatic carbocycles. The fraction of sp³-hybridized carbons (Fsp3) is 0.133. The predicted molar refractivity (Wildman–Crippen MR) is 65.8 cm³/mol. The van der Waals surface area contributed by atoms with Crippen molar-refractivity contribution >= 4 is 0 Å². The first kappa shape index (κ1) is 10.9. The zero-order valence-corrected chi connectivity index (χ0v) is 9.17. The Morgan fingerprint density at radius 2 is 1.44 bits per heavy atom. The molecule has 0 fully saturated rings. The molecule has 1 nitrogen and oxygen atoms in total. The molecule has 0 aliphatic rings. The van der Waals surface area contributed by atoms with Gasteiger partial charge in [0, 0.05) is 0 Å². The van der Waals surface area contributed by atoms with Crippen LogP contribution in [0, 0.1) is 6.92 Å². The Balaban J connectivity index is 1.92. The lowest BCUT2D eigenvalue weighted by atomic mass is 10.1. The van der Waals surface area contributed by atoms with Crippen LogP contribution in [0.1, 0.15) is 17.2 Å². The summed E-state index contributed by atoms with van der Waals surface area (Å²) in [6, 6.07) is 20.2. The monoisotopic (exact) mass is 211 g/mol. The second-order valence-corrected chi connectivity index (χ2v) is 3.70. The second-order valence-electron chi connectivity index (χ2n) is 3.70. The first-order chi connectivity index (χ1) is 7.86. The van der Waals surface area contributed by atoms with Crippen molar-refractivity contribution in [3.05, 3.63) is 78.7 Å². The van der Waals surface area contributed by atoms with E-state index in [0.717, 1.165) is 5.56 Å². The molecule has 0 saturated carbocycles. The maximum absolute atomic E-state index is 5.70. The molecule has 0 spiro atoms. The molecule has 1 radical (unpaired) electrons. The summed E-state index contributed by atoms with van der Waals surface area (Å²) >= 11 is 0. The Hall–Kier alpha value is -1.60. The third-order valence-corrected chi connectivity index (χ3v) is 2.47. The quantitative estimate of drug-likeness (QED) is 0.747. The fourth-order valence-electron chi connectivity index (χ4n) is 1.53. The Morgan fingerprint density at radius 1 is 0.875 bits per heavy atom. The van der Waals surface area contributed by atoms with Crippen molar-refractivity contribution in [1.29, 1.82) is 0 Å². The molecule has 0 N–H and O–H groups in total. The molecule has 0 aromatic heterocycles. The Morgan fingerprint density at radius 3 is 2.06 bits per heavy atom. The van der Waals surface area contributed by atoms with Crippen molar-refractivity contribution < 1.29 is 4.74 Å². The zero-order chi connectivity index (χ0) is 11.2. The lowest BCUT2D eigenvalue weighted by molar-refractivity contribution is 0.0699. The molecule has 1 heteroatoms. The number of ether oxygens (including phenoxy) is 1. The Bertz CT molecular complexity index is 408. The molecule has 0 amide bonds. The molecule has 81 valence electrons. The lowest BCUT2D eigenvalue weighted by Gasteiger charge is -2.13. The molecular weight excluding hydrogens is 196 g/mol. The minimum atomic E-state index is -0.110. The van der Waals surface area contributed by atoms with Crippen molar-refractivity contribution in [2.75, 3.05) is 0 Å². The maximum Gasteiger partial charge on any atom is 0.0830 e. The van der Waals surface area contributed by atoms with Crippen molar-refractivity contribution in [3.63, 3.8) is 0 Å². The highest BCUT2D eigenvalue weighted by Gasteiger charge is 2.04. The summed E-state index contributed by atoms with van der Waals surface area (Å²) in [5, 5.41) is 0. The Labute approximate surface area is 96.7 Å². The van der Waals surface area contributed by atoms with Crippen molar-refractivity contribution in [3.8, 4) is 0 Å². The minimum Gasteiger partial charge on any atom is -0.369 e. The number of benzene rings is 2. The summed E-state index contributed by atoms with van der Waals surface area (Å²) < 4.78 is 5.70. The number of hydrogen-bond donors (Lipinski definition) is 0. The molecule has 16 heavy (non-hydrogen) atoms. The van der Waals surface area contributed by atoms with Gasteiger partial charge in [-0.1, -0.05) is 60.7 Å². The fourth-order valence-corrected chi connectivity index (χ4v) is 1.53. The van der Waals surface area contributed by atoms with E-state index in [2.05, 4.69) is 19.1 Å². The van der Waals surface area contributed by atoms with Crippen LogP contribution in [0.25, 0.3) is 0 Å². The third-order valence-electron chi connectivity index (χ3n) is 2.47. The van der Waals surface area contributed by atoms with Crippen molar-refractivity contribution in [2.24, 2.45) is 0 Å². The van der Waals surface area contributed by atoms with E-state index in [1.54, 1.807) is 0 Å². The van der Waals surface area contributed by atoms with E-state index in [1.807, 2.05) is 48.5 Å².